The number of rotatable bonds is 8. The van der Waals surface area contributed by atoms with Gasteiger partial charge in [-0.05, 0) is 60.9 Å². The molecule has 0 bridgehead atoms. The van der Waals surface area contributed by atoms with E-state index in [1.807, 2.05) is 6.08 Å². The molecule has 2 nitrogen and oxygen atoms in total. The minimum atomic E-state index is -0.0687. The van der Waals surface area contributed by atoms with Crippen molar-refractivity contribution in [1.29, 1.82) is 0 Å². The summed E-state index contributed by atoms with van der Waals surface area (Å²) in [5, 5.41) is 0. The summed E-state index contributed by atoms with van der Waals surface area (Å²) in [6.07, 6.45) is 8.80. The van der Waals surface area contributed by atoms with Gasteiger partial charge < -0.3 is 5.73 Å². The summed E-state index contributed by atoms with van der Waals surface area (Å²) >= 11 is 0. The van der Waals surface area contributed by atoms with E-state index < -0.39 is 0 Å². The van der Waals surface area contributed by atoms with Gasteiger partial charge in [-0.1, -0.05) is 38.8 Å². The Kier molecular flexibility index (Phi) is 7.21. The smallest absolute Gasteiger partial charge is 0.175 e. The monoisotopic (exact) mass is 287 g/mol. The summed E-state index contributed by atoms with van der Waals surface area (Å²) in [6, 6.07) is 4.38. The molecule has 0 saturated carbocycles. The lowest BCUT2D eigenvalue weighted by Crippen LogP contribution is -2.07. The number of nitrogens with two attached hydrogens (primary N) is 1. The first-order chi connectivity index (χ1) is 9.99. The fourth-order valence-corrected chi connectivity index (χ4v) is 2.49. The van der Waals surface area contributed by atoms with Gasteiger partial charge in [-0.3, -0.25) is 4.79 Å². The van der Waals surface area contributed by atoms with E-state index in [0.717, 1.165) is 18.4 Å². The second-order valence-electron chi connectivity index (χ2n) is 5.83. The fourth-order valence-electron chi connectivity index (χ4n) is 2.49. The highest BCUT2D eigenvalue weighted by Crippen LogP contribution is 2.22. The summed E-state index contributed by atoms with van der Waals surface area (Å²) in [7, 11) is 0. The van der Waals surface area contributed by atoms with E-state index >= 15 is 0 Å². The maximum atomic E-state index is 11.3. The first-order valence-electron chi connectivity index (χ1n) is 8.10. The van der Waals surface area contributed by atoms with E-state index in [0.29, 0.717) is 5.70 Å². The van der Waals surface area contributed by atoms with Gasteiger partial charge in [0.1, 0.15) is 0 Å². The molecule has 0 aliphatic heterocycles. The van der Waals surface area contributed by atoms with Crippen molar-refractivity contribution in [1.82, 2.24) is 0 Å². The van der Waals surface area contributed by atoms with E-state index in [-0.39, 0.29) is 5.78 Å². The third kappa shape index (κ3) is 5.37. The lowest BCUT2D eigenvalue weighted by atomic mass is 9.92. The van der Waals surface area contributed by atoms with Crippen LogP contribution in [0.25, 0.3) is 6.08 Å². The number of carbonyl (C=O) groups excluding carboxylic acids is 1. The van der Waals surface area contributed by atoms with Gasteiger partial charge in [-0.25, -0.2) is 0 Å². The zero-order chi connectivity index (χ0) is 15.8. The van der Waals surface area contributed by atoms with Crippen LogP contribution in [0.5, 0.6) is 0 Å². The number of Topliss-reactive ketones (excluding diaryl/α,β-unsaturated/α-hetero) is 1. The number of benzene rings is 1. The van der Waals surface area contributed by atoms with E-state index in [4.69, 9.17) is 5.73 Å². The van der Waals surface area contributed by atoms with Gasteiger partial charge in [0.15, 0.2) is 5.78 Å². The Bertz CT molecular complexity index is 485. The molecule has 0 atom stereocenters. The molecule has 0 amide bonds. The second kappa shape index (κ2) is 8.66. The predicted octanol–water partition coefficient (Wildman–Crippen LogP) is 4.57. The molecule has 0 radical (unpaired) electrons. The fraction of sp³-hybridized carbons (Fsp3) is 0.526. The number of ketones is 1. The van der Waals surface area contributed by atoms with Crippen molar-refractivity contribution < 1.29 is 4.79 Å². The van der Waals surface area contributed by atoms with Gasteiger partial charge in [-0.2, -0.15) is 0 Å². The highest BCUT2D eigenvalue weighted by Gasteiger charge is 2.07. The van der Waals surface area contributed by atoms with Crippen LogP contribution < -0.4 is 5.73 Å². The van der Waals surface area contributed by atoms with Crippen molar-refractivity contribution in [3.63, 3.8) is 0 Å². The highest BCUT2D eigenvalue weighted by molar-refractivity contribution is 5.96. The largest absolute Gasteiger partial charge is 0.396 e. The lowest BCUT2D eigenvalue weighted by molar-refractivity contribution is -0.113. The molecule has 0 fully saturated rings. The zero-order valence-corrected chi connectivity index (χ0v) is 14.0. The molecule has 1 aromatic carbocycles. The molecule has 0 aromatic heterocycles. The molecular formula is C19H29NO. The molecule has 2 heteroatoms. The summed E-state index contributed by atoms with van der Waals surface area (Å²) in [6.45, 7) is 8.16. The molecule has 0 aliphatic carbocycles. The molecule has 0 heterocycles. The molecule has 1 aromatic rings. The molecule has 1 rings (SSSR count). The van der Waals surface area contributed by atoms with Crippen molar-refractivity contribution in [3.05, 3.63) is 40.1 Å². The maximum Gasteiger partial charge on any atom is 0.175 e. The Morgan fingerprint density at radius 1 is 1.10 bits per heavy atom. The number of aryl methyl sites for hydroxylation is 2. The number of hydrogen-bond acceptors (Lipinski definition) is 2. The number of carbonyl (C=O) groups is 1. The summed E-state index contributed by atoms with van der Waals surface area (Å²) in [5.41, 5.74) is 11.4. The van der Waals surface area contributed by atoms with Crippen LogP contribution in [-0.2, 0) is 17.6 Å². The topological polar surface area (TPSA) is 43.1 Å². The van der Waals surface area contributed by atoms with Crippen LogP contribution in [0, 0.1) is 6.92 Å². The van der Waals surface area contributed by atoms with Crippen LogP contribution in [0.4, 0.5) is 0 Å². The minimum absolute atomic E-state index is 0.0687. The molecular weight excluding hydrogens is 258 g/mol. The van der Waals surface area contributed by atoms with Crippen LogP contribution in [0.15, 0.2) is 17.8 Å². The zero-order valence-electron chi connectivity index (χ0n) is 14.0. The van der Waals surface area contributed by atoms with Crippen LogP contribution in [0.1, 0.15) is 68.7 Å². The van der Waals surface area contributed by atoms with E-state index in [1.165, 1.54) is 49.3 Å². The average molecular weight is 287 g/mol. The first-order valence-corrected chi connectivity index (χ1v) is 8.10. The van der Waals surface area contributed by atoms with Crippen molar-refractivity contribution >= 4 is 11.9 Å². The SMILES string of the molecule is CCCCc1cc(/C=C(/N)C(C)=O)cc(CCCC)c1C. The predicted molar refractivity (Wildman–Crippen MR) is 91.2 cm³/mol. The Labute approximate surface area is 129 Å². The van der Waals surface area contributed by atoms with Crippen LogP contribution in [-0.4, -0.2) is 5.78 Å². The molecule has 0 aliphatic rings. The molecule has 116 valence electrons. The molecule has 0 saturated heterocycles. The van der Waals surface area contributed by atoms with Gasteiger partial charge in [-0.15, -0.1) is 0 Å². The standard InChI is InChI=1S/C19H29NO/c1-5-7-9-17-11-16(13-19(20)15(4)21)12-18(14(17)3)10-8-6-2/h11-13H,5-10,20H2,1-4H3/b19-13+. The van der Waals surface area contributed by atoms with Gasteiger partial charge in [0, 0.05) is 6.92 Å². The van der Waals surface area contributed by atoms with E-state index in [1.54, 1.807) is 0 Å². The van der Waals surface area contributed by atoms with Crippen LogP contribution >= 0.6 is 0 Å². The lowest BCUT2D eigenvalue weighted by Gasteiger charge is -2.13. The summed E-state index contributed by atoms with van der Waals surface area (Å²) in [5.74, 6) is -0.0687. The van der Waals surface area contributed by atoms with Crippen molar-refractivity contribution in [3.8, 4) is 0 Å². The average Bonchev–Trinajstić information content (AvgIpc) is 2.45. The Hall–Kier alpha value is -1.57. The quantitative estimate of drug-likeness (QED) is 0.712. The van der Waals surface area contributed by atoms with Gasteiger partial charge in [0.2, 0.25) is 0 Å². The van der Waals surface area contributed by atoms with E-state index in [2.05, 4.69) is 32.9 Å². The molecule has 0 unspecified atom stereocenters. The molecule has 21 heavy (non-hydrogen) atoms. The summed E-state index contributed by atoms with van der Waals surface area (Å²) in [4.78, 5) is 11.3. The maximum absolute atomic E-state index is 11.3. The molecule has 2 N–H and O–H groups in total. The Morgan fingerprint density at radius 3 is 1.95 bits per heavy atom. The van der Waals surface area contributed by atoms with Crippen molar-refractivity contribution in [2.24, 2.45) is 5.73 Å². The van der Waals surface area contributed by atoms with Crippen molar-refractivity contribution in [2.75, 3.05) is 0 Å². The van der Waals surface area contributed by atoms with E-state index in [9.17, 15) is 4.79 Å². The van der Waals surface area contributed by atoms with Gasteiger partial charge in [0.25, 0.3) is 0 Å². The van der Waals surface area contributed by atoms with Crippen LogP contribution in [0.2, 0.25) is 0 Å². The van der Waals surface area contributed by atoms with Gasteiger partial charge in [0.05, 0.1) is 5.70 Å². The number of allylic oxidation sites excluding steroid dienone is 1. The first kappa shape index (κ1) is 17.5. The summed E-state index contributed by atoms with van der Waals surface area (Å²) < 4.78 is 0. The Morgan fingerprint density at radius 2 is 1.57 bits per heavy atom. The number of hydrogen-bond donors (Lipinski definition) is 1. The number of unbranched alkanes of at least 4 members (excludes halogenated alkanes) is 2. The second-order valence-corrected chi connectivity index (χ2v) is 5.83. The minimum Gasteiger partial charge on any atom is -0.396 e. The highest BCUT2D eigenvalue weighted by atomic mass is 16.1. The normalized spacial score (nSPS) is 11.7. The van der Waals surface area contributed by atoms with Gasteiger partial charge >= 0.3 is 0 Å². The molecule has 0 spiro atoms. The van der Waals surface area contributed by atoms with Crippen molar-refractivity contribution in [2.45, 2.75) is 66.2 Å². The van der Waals surface area contributed by atoms with Crippen LogP contribution in [0.3, 0.4) is 0 Å². The third-order valence-corrected chi connectivity index (χ3v) is 3.97. The Balaban J connectivity index is 3.18. The third-order valence-electron chi connectivity index (χ3n) is 3.97.